The van der Waals surface area contributed by atoms with Crippen LogP contribution in [0.15, 0.2) is 30.5 Å². The van der Waals surface area contributed by atoms with Crippen molar-refractivity contribution in [2.75, 3.05) is 19.6 Å². The molecule has 1 atom stereocenters. The van der Waals surface area contributed by atoms with Crippen LogP contribution in [-0.2, 0) is 24.3 Å². The summed E-state index contributed by atoms with van der Waals surface area (Å²) in [6.45, 7) is 4.01. The van der Waals surface area contributed by atoms with Crippen LogP contribution in [0, 0.1) is 5.92 Å². The summed E-state index contributed by atoms with van der Waals surface area (Å²) in [4.78, 5) is 31.4. The van der Waals surface area contributed by atoms with Crippen molar-refractivity contribution >= 4 is 11.7 Å². The molecule has 1 fully saturated rings. The Morgan fingerprint density at radius 3 is 3.00 bits per heavy atom. The van der Waals surface area contributed by atoms with Crippen molar-refractivity contribution in [3.63, 3.8) is 0 Å². The van der Waals surface area contributed by atoms with E-state index in [1.54, 1.807) is 18.3 Å². The lowest BCUT2D eigenvalue weighted by atomic mass is 9.91. The maximum atomic E-state index is 12.7. The molecule has 0 saturated carbocycles. The number of likely N-dealkylation sites (tertiary alicyclic amines) is 1. The van der Waals surface area contributed by atoms with Crippen molar-refractivity contribution < 1.29 is 9.59 Å². The van der Waals surface area contributed by atoms with Gasteiger partial charge in [0.15, 0.2) is 5.78 Å². The van der Waals surface area contributed by atoms with Crippen LogP contribution in [0.4, 0.5) is 0 Å². The van der Waals surface area contributed by atoms with Gasteiger partial charge in [-0.2, -0.15) is 5.10 Å². The van der Waals surface area contributed by atoms with Gasteiger partial charge in [-0.3, -0.25) is 19.3 Å². The molecule has 2 aromatic rings. The van der Waals surface area contributed by atoms with Crippen molar-refractivity contribution in [1.29, 1.82) is 0 Å². The van der Waals surface area contributed by atoms with Gasteiger partial charge >= 0.3 is 0 Å². The lowest BCUT2D eigenvalue weighted by Gasteiger charge is -2.32. The lowest BCUT2D eigenvalue weighted by molar-refractivity contribution is -0.132. The summed E-state index contributed by atoms with van der Waals surface area (Å²) in [6.07, 6.45) is 5.48. The minimum absolute atomic E-state index is 0.0449. The maximum absolute atomic E-state index is 12.7. The number of hydrogen-bond acceptors (Lipinski definition) is 5. The first-order valence-electron chi connectivity index (χ1n) is 10.2. The van der Waals surface area contributed by atoms with E-state index in [1.807, 2.05) is 11.0 Å². The van der Waals surface area contributed by atoms with Gasteiger partial charge in [0.25, 0.3) is 0 Å². The van der Waals surface area contributed by atoms with Gasteiger partial charge in [-0.05, 0) is 44.0 Å². The predicted octanol–water partition coefficient (Wildman–Crippen LogP) is 1.83. The Balaban J connectivity index is 1.33. The summed E-state index contributed by atoms with van der Waals surface area (Å²) in [6, 6.07) is 7.49. The molecule has 2 aliphatic heterocycles. The van der Waals surface area contributed by atoms with E-state index in [-0.39, 0.29) is 17.6 Å². The van der Waals surface area contributed by atoms with Crippen LogP contribution >= 0.6 is 0 Å². The Kier molecular flexibility index (Phi) is 5.81. The topological polar surface area (TPSA) is 80.1 Å². The van der Waals surface area contributed by atoms with Crippen molar-refractivity contribution in [3.8, 4) is 0 Å². The highest BCUT2D eigenvalue weighted by atomic mass is 16.2. The normalized spacial score (nSPS) is 19.7. The molecule has 28 heavy (non-hydrogen) atoms. The Hall–Kier alpha value is -2.54. The van der Waals surface area contributed by atoms with Gasteiger partial charge in [0.05, 0.1) is 11.4 Å². The number of nitrogens with zero attached hydrogens (tertiary/aromatic N) is 4. The number of Topliss-reactive ketones (excluding diaryl/α,β-unsaturated/α-hetero) is 1. The lowest BCUT2D eigenvalue weighted by Crippen LogP contribution is -2.42. The molecule has 1 N–H and O–H groups in total. The molecule has 2 aliphatic rings. The molecule has 7 heteroatoms. The fourth-order valence-corrected chi connectivity index (χ4v) is 4.07. The first-order valence-corrected chi connectivity index (χ1v) is 10.2. The number of aromatic nitrogens is 3. The third kappa shape index (κ3) is 4.30. The fourth-order valence-electron chi connectivity index (χ4n) is 4.07. The first kappa shape index (κ1) is 18.8. The average Bonchev–Trinajstić information content (AvgIpc) is 3.01. The molecule has 0 aliphatic carbocycles. The molecular formula is C21H27N5O2. The second kappa shape index (κ2) is 8.65. The molecule has 7 nitrogen and oxygen atoms in total. The van der Waals surface area contributed by atoms with Gasteiger partial charge in [0, 0.05) is 51.1 Å². The molecular weight excluding hydrogens is 354 g/mol. The van der Waals surface area contributed by atoms with Crippen LogP contribution < -0.4 is 5.32 Å². The molecule has 1 amide bonds. The number of amides is 1. The summed E-state index contributed by atoms with van der Waals surface area (Å²) in [7, 11) is 0. The quantitative estimate of drug-likeness (QED) is 0.799. The highest BCUT2D eigenvalue weighted by Gasteiger charge is 2.29. The van der Waals surface area contributed by atoms with Crippen LogP contribution in [0.25, 0.3) is 0 Å². The number of ketones is 1. The third-order valence-corrected chi connectivity index (χ3v) is 5.60. The summed E-state index contributed by atoms with van der Waals surface area (Å²) in [5, 5.41) is 8.04. The van der Waals surface area contributed by atoms with Crippen LogP contribution in [0.1, 0.15) is 47.6 Å². The summed E-state index contributed by atoms with van der Waals surface area (Å²) in [5.74, 6) is 0.00521. The minimum Gasteiger partial charge on any atom is -0.342 e. The van der Waals surface area contributed by atoms with Gasteiger partial charge in [-0.15, -0.1) is 0 Å². The Morgan fingerprint density at radius 1 is 1.21 bits per heavy atom. The highest BCUT2D eigenvalue weighted by molar-refractivity contribution is 5.96. The molecule has 4 rings (SSSR count). The standard InChI is InChI=1S/C21H27N5O2/c27-20(8-7-17-13-18-14-22-9-4-12-26(18)24-17)25-11-3-5-16(15-25)21(28)19-6-1-2-10-23-19/h1-2,6,10,13,16,22H,3-5,7-9,11-12,14-15H2. The van der Waals surface area contributed by atoms with Gasteiger partial charge in [0.2, 0.25) is 5.91 Å². The van der Waals surface area contributed by atoms with Gasteiger partial charge < -0.3 is 10.2 Å². The first-order chi connectivity index (χ1) is 13.7. The fraction of sp³-hybridized carbons (Fsp3) is 0.524. The van der Waals surface area contributed by atoms with Crippen LogP contribution in [-0.4, -0.2) is 51.0 Å². The van der Waals surface area contributed by atoms with E-state index in [0.717, 1.165) is 51.1 Å². The van der Waals surface area contributed by atoms with Crippen molar-refractivity contribution in [2.45, 2.75) is 45.2 Å². The summed E-state index contributed by atoms with van der Waals surface area (Å²) < 4.78 is 2.06. The van der Waals surface area contributed by atoms with E-state index in [9.17, 15) is 9.59 Å². The molecule has 0 aromatic carbocycles. The van der Waals surface area contributed by atoms with Gasteiger partial charge in [-0.1, -0.05) is 6.07 Å². The zero-order valence-electron chi connectivity index (χ0n) is 16.1. The predicted molar refractivity (Wildman–Crippen MR) is 105 cm³/mol. The molecule has 0 radical (unpaired) electrons. The number of hydrogen-bond donors (Lipinski definition) is 1. The van der Waals surface area contributed by atoms with E-state index in [2.05, 4.69) is 26.1 Å². The zero-order valence-corrected chi connectivity index (χ0v) is 16.1. The third-order valence-electron chi connectivity index (χ3n) is 5.60. The number of fused-ring (bicyclic) bond motifs is 1. The van der Waals surface area contributed by atoms with Crippen LogP contribution in [0.5, 0.6) is 0 Å². The van der Waals surface area contributed by atoms with Crippen molar-refractivity contribution in [3.05, 3.63) is 47.5 Å². The minimum atomic E-state index is -0.151. The molecule has 0 bridgehead atoms. The molecule has 2 aromatic heterocycles. The van der Waals surface area contributed by atoms with E-state index in [4.69, 9.17) is 0 Å². The molecule has 0 spiro atoms. The second-order valence-electron chi connectivity index (χ2n) is 7.64. The average molecular weight is 381 g/mol. The zero-order chi connectivity index (χ0) is 19.3. The maximum Gasteiger partial charge on any atom is 0.222 e. The van der Waals surface area contributed by atoms with Crippen LogP contribution in [0.3, 0.4) is 0 Å². The number of pyridine rings is 1. The SMILES string of the molecule is O=C(c1ccccn1)C1CCCN(C(=O)CCc2cc3n(n2)CCCNC3)C1. The highest BCUT2D eigenvalue weighted by Crippen LogP contribution is 2.21. The van der Waals surface area contributed by atoms with E-state index < -0.39 is 0 Å². The molecule has 1 saturated heterocycles. The molecule has 1 unspecified atom stereocenters. The van der Waals surface area contributed by atoms with Crippen molar-refractivity contribution in [2.24, 2.45) is 5.92 Å². The second-order valence-corrected chi connectivity index (χ2v) is 7.64. The summed E-state index contributed by atoms with van der Waals surface area (Å²) >= 11 is 0. The van der Waals surface area contributed by atoms with Crippen molar-refractivity contribution in [1.82, 2.24) is 25.0 Å². The number of nitrogens with one attached hydrogen (secondary N) is 1. The molecule has 148 valence electrons. The summed E-state index contributed by atoms with van der Waals surface area (Å²) in [5.41, 5.74) is 2.67. The monoisotopic (exact) mass is 381 g/mol. The number of carbonyl (C=O) groups is 2. The molecule has 4 heterocycles. The van der Waals surface area contributed by atoms with E-state index >= 15 is 0 Å². The number of aryl methyl sites for hydroxylation is 2. The smallest absolute Gasteiger partial charge is 0.222 e. The number of piperidine rings is 1. The number of carbonyl (C=O) groups excluding carboxylic acids is 2. The Bertz CT molecular complexity index is 809. The van der Waals surface area contributed by atoms with Gasteiger partial charge in [0.1, 0.15) is 5.69 Å². The Morgan fingerprint density at radius 2 is 2.14 bits per heavy atom. The van der Waals surface area contributed by atoms with E-state index in [0.29, 0.717) is 25.1 Å². The largest absolute Gasteiger partial charge is 0.342 e. The Labute approximate surface area is 165 Å². The van der Waals surface area contributed by atoms with E-state index in [1.165, 1.54) is 5.69 Å². The van der Waals surface area contributed by atoms with Crippen LogP contribution in [0.2, 0.25) is 0 Å². The van der Waals surface area contributed by atoms with Gasteiger partial charge in [-0.25, -0.2) is 0 Å². The number of rotatable bonds is 5.